The molecule has 0 aromatic carbocycles. The molecule has 0 bridgehead atoms. The molecule has 7 nitrogen and oxygen atoms in total. The summed E-state index contributed by atoms with van der Waals surface area (Å²) < 4.78 is 0. The van der Waals surface area contributed by atoms with Gasteiger partial charge in [-0.2, -0.15) is 0 Å². The molecule has 0 saturated carbocycles. The number of rotatable bonds is 3. The Balaban J connectivity index is 3.40. The van der Waals surface area contributed by atoms with Crippen LogP contribution >= 0.6 is 0 Å². The van der Waals surface area contributed by atoms with E-state index < -0.39 is 17.2 Å². The summed E-state index contributed by atoms with van der Waals surface area (Å²) in [6.45, 7) is 0.147. The largest absolute Gasteiger partial charge is 0.477 e. The topological polar surface area (TPSA) is 106 Å². The number of carbonyl (C=O) groups is 1. The molecule has 3 N–H and O–H groups in total. The Morgan fingerprint density at radius 1 is 1.33 bits per heavy atom. The lowest BCUT2D eigenvalue weighted by molar-refractivity contribution is 0.0687. The minimum Gasteiger partial charge on any atom is -0.477 e. The van der Waals surface area contributed by atoms with Crippen molar-refractivity contribution in [2.45, 2.75) is 6.54 Å². The van der Waals surface area contributed by atoms with E-state index in [9.17, 15) is 14.4 Å². The number of aromatic amines is 2. The SMILES string of the molecule is CN(C)Cc1c(C(=O)O)[nH]c(=O)[nH]c1=O. The van der Waals surface area contributed by atoms with Crippen LogP contribution in [0.25, 0.3) is 0 Å². The molecule has 82 valence electrons. The molecule has 0 aliphatic heterocycles. The summed E-state index contributed by atoms with van der Waals surface area (Å²) in [5.41, 5.74) is -1.82. The van der Waals surface area contributed by atoms with Crippen molar-refractivity contribution in [2.24, 2.45) is 0 Å². The van der Waals surface area contributed by atoms with Crippen LogP contribution in [0.3, 0.4) is 0 Å². The summed E-state index contributed by atoms with van der Waals surface area (Å²) in [4.78, 5) is 38.7. The fourth-order valence-electron chi connectivity index (χ4n) is 1.16. The van der Waals surface area contributed by atoms with Gasteiger partial charge in [0.15, 0.2) is 0 Å². The molecule has 0 unspecified atom stereocenters. The summed E-state index contributed by atoms with van der Waals surface area (Å²) in [5.74, 6) is -1.32. The summed E-state index contributed by atoms with van der Waals surface area (Å²) in [5, 5.41) is 8.79. The molecule has 15 heavy (non-hydrogen) atoms. The lowest BCUT2D eigenvalue weighted by Gasteiger charge is -2.10. The second-order valence-corrected chi connectivity index (χ2v) is 3.30. The van der Waals surface area contributed by atoms with Crippen molar-refractivity contribution in [1.29, 1.82) is 0 Å². The fraction of sp³-hybridized carbons (Fsp3) is 0.375. The number of aromatic carboxylic acids is 1. The van der Waals surface area contributed by atoms with Crippen molar-refractivity contribution in [3.63, 3.8) is 0 Å². The van der Waals surface area contributed by atoms with Crippen LogP contribution in [0, 0.1) is 0 Å². The Morgan fingerprint density at radius 2 is 1.93 bits per heavy atom. The first-order valence-corrected chi connectivity index (χ1v) is 4.15. The third kappa shape index (κ3) is 2.53. The van der Waals surface area contributed by atoms with Crippen molar-refractivity contribution < 1.29 is 9.90 Å². The van der Waals surface area contributed by atoms with Crippen molar-refractivity contribution >= 4 is 5.97 Å². The summed E-state index contributed by atoms with van der Waals surface area (Å²) in [6.07, 6.45) is 0. The molecule has 1 aromatic rings. The zero-order valence-electron chi connectivity index (χ0n) is 8.33. The van der Waals surface area contributed by atoms with Crippen molar-refractivity contribution in [1.82, 2.24) is 14.9 Å². The number of hydrogen-bond donors (Lipinski definition) is 3. The zero-order valence-corrected chi connectivity index (χ0v) is 8.33. The number of carboxylic acids is 1. The highest BCUT2D eigenvalue weighted by molar-refractivity contribution is 5.86. The lowest BCUT2D eigenvalue weighted by Crippen LogP contribution is -2.32. The molecular formula is C8H11N3O4. The van der Waals surface area contributed by atoms with Gasteiger partial charge in [0, 0.05) is 6.54 Å². The Kier molecular flexibility index (Phi) is 3.05. The smallest absolute Gasteiger partial charge is 0.352 e. The molecule has 0 fully saturated rings. The Bertz CT molecular complexity index is 485. The van der Waals surface area contributed by atoms with Gasteiger partial charge in [-0.1, -0.05) is 0 Å². The number of H-pyrrole nitrogens is 2. The number of hydrogen-bond acceptors (Lipinski definition) is 4. The van der Waals surface area contributed by atoms with E-state index in [2.05, 4.69) is 4.98 Å². The number of nitrogens with zero attached hydrogens (tertiary/aromatic N) is 1. The van der Waals surface area contributed by atoms with Gasteiger partial charge in [0.2, 0.25) is 0 Å². The van der Waals surface area contributed by atoms with Gasteiger partial charge < -0.3 is 15.0 Å². The average molecular weight is 213 g/mol. The van der Waals surface area contributed by atoms with Crippen molar-refractivity contribution in [3.8, 4) is 0 Å². The lowest BCUT2D eigenvalue weighted by atomic mass is 10.2. The quantitative estimate of drug-likeness (QED) is 0.586. The first kappa shape index (κ1) is 11.2. The monoisotopic (exact) mass is 213 g/mol. The van der Waals surface area contributed by atoms with Crippen LogP contribution in [0.1, 0.15) is 16.1 Å². The van der Waals surface area contributed by atoms with Crippen LogP contribution in [-0.4, -0.2) is 40.0 Å². The van der Waals surface area contributed by atoms with E-state index in [1.807, 2.05) is 4.98 Å². The van der Waals surface area contributed by atoms with E-state index in [4.69, 9.17) is 5.11 Å². The zero-order chi connectivity index (χ0) is 11.6. The van der Waals surface area contributed by atoms with Crippen LogP contribution in [0.5, 0.6) is 0 Å². The van der Waals surface area contributed by atoms with Crippen LogP contribution in [0.4, 0.5) is 0 Å². The van der Waals surface area contributed by atoms with E-state index in [0.717, 1.165) is 0 Å². The third-order valence-corrected chi connectivity index (χ3v) is 1.73. The van der Waals surface area contributed by atoms with Crippen LogP contribution in [0.2, 0.25) is 0 Å². The number of carboxylic acid groups (broad SMARTS) is 1. The molecule has 0 aliphatic rings. The second-order valence-electron chi connectivity index (χ2n) is 3.30. The number of nitrogens with one attached hydrogen (secondary N) is 2. The molecule has 1 aromatic heterocycles. The molecule has 7 heteroatoms. The molecule has 0 amide bonds. The van der Waals surface area contributed by atoms with E-state index in [0.29, 0.717) is 0 Å². The second kappa shape index (κ2) is 4.09. The summed E-state index contributed by atoms with van der Waals surface area (Å²) in [6, 6.07) is 0. The maximum atomic E-state index is 11.3. The summed E-state index contributed by atoms with van der Waals surface area (Å²) >= 11 is 0. The highest BCUT2D eigenvalue weighted by Crippen LogP contribution is 1.99. The van der Waals surface area contributed by atoms with E-state index >= 15 is 0 Å². The van der Waals surface area contributed by atoms with Gasteiger partial charge >= 0.3 is 11.7 Å². The minimum atomic E-state index is -1.32. The maximum Gasteiger partial charge on any atom is 0.352 e. The molecule has 0 atom stereocenters. The predicted octanol–water partition coefficient (Wildman–Crippen LogP) is -1.18. The van der Waals surface area contributed by atoms with Gasteiger partial charge in [-0.15, -0.1) is 0 Å². The number of aromatic nitrogens is 2. The first-order valence-electron chi connectivity index (χ1n) is 4.15. The van der Waals surface area contributed by atoms with E-state index in [1.54, 1.807) is 19.0 Å². The van der Waals surface area contributed by atoms with Gasteiger partial charge in [-0.3, -0.25) is 9.78 Å². The average Bonchev–Trinajstić information content (AvgIpc) is 2.08. The van der Waals surface area contributed by atoms with Crippen molar-refractivity contribution in [2.75, 3.05) is 14.1 Å². The molecule has 1 rings (SSSR count). The van der Waals surface area contributed by atoms with Gasteiger partial charge in [0.25, 0.3) is 5.56 Å². The maximum absolute atomic E-state index is 11.3. The minimum absolute atomic E-state index is 0.0344. The molecular weight excluding hydrogens is 202 g/mol. The Labute approximate surface area is 84.4 Å². The Morgan fingerprint density at radius 3 is 2.40 bits per heavy atom. The first-order chi connectivity index (χ1) is 6.91. The highest BCUT2D eigenvalue weighted by Gasteiger charge is 2.15. The van der Waals surface area contributed by atoms with Crippen LogP contribution in [-0.2, 0) is 6.54 Å². The summed E-state index contributed by atoms with van der Waals surface area (Å²) in [7, 11) is 3.38. The van der Waals surface area contributed by atoms with E-state index in [1.165, 1.54) is 0 Å². The van der Waals surface area contributed by atoms with Gasteiger partial charge in [-0.25, -0.2) is 9.59 Å². The van der Waals surface area contributed by atoms with Gasteiger partial charge in [0.1, 0.15) is 5.69 Å². The molecule has 0 aliphatic carbocycles. The molecule has 1 heterocycles. The van der Waals surface area contributed by atoms with Crippen molar-refractivity contribution in [3.05, 3.63) is 32.1 Å². The highest BCUT2D eigenvalue weighted by atomic mass is 16.4. The molecule has 0 saturated heterocycles. The van der Waals surface area contributed by atoms with E-state index in [-0.39, 0.29) is 17.8 Å². The standard InChI is InChI=1S/C8H11N3O4/c1-11(2)3-4-5(7(13)14)9-8(15)10-6(4)12/h3H2,1-2H3,(H,13,14)(H2,9,10,12,15). The molecule has 0 radical (unpaired) electrons. The fourth-order valence-corrected chi connectivity index (χ4v) is 1.16. The Hall–Kier alpha value is -1.89. The van der Waals surface area contributed by atoms with Crippen LogP contribution < -0.4 is 11.2 Å². The van der Waals surface area contributed by atoms with Gasteiger partial charge in [0.05, 0.1) is 5.56 Å². The predicted molar refractivity (Wildman–Crippen MR) is 52.0 cm³/mol. The third-order valence-electron chi connectivity index (χ3n) is 1.73. The van der Waals surface area contributed by atoms with Crippen LogP contribution in [0.15, 0.2) is 9.59 Å². The molecule has 0 spiro atoms. The normalized spacial score (nSPS) is 10.6. The van der Waals surface area contributed by atoms with Gasteiger partial charge in [-0.05, 0) is 14.1 Å².